The first-order valence-electron chi connectivity index (χ1n) is 9.04. The van der Waals surface area contributed by atoms with Crippen LogP contribution in [0, 0.1) is 5.92 Å². The highest BCUT2D eigenvalue weighted by Gasteiger charge is 2.23. The predicted octanol–water partition coefficient (Wildman–Crippen LogP) is 4.56. The number of benzene rings is 2. The van der Waals surface area contributed by atoms with Gasteiger partial charge in [0.2, 0.25) is 0 Å². The largest absolute Gasteiger partial charge is 0.349 e. The lowest BCUT2D eigenvalue weighted by Gasteiger charge is -2.29. The molecule has 0 heterocycles. The third kappa shape index (κ3) is 5.11. The van der Waals surface area contributed by atoms with Crippen LogP contribution in [0.4, 0.5) is 5.69 Å². The summed E-state index contributed by atoms with van der Waals surface area (Å²) in [6.45, 7) is 2.16. The van der Waals surface area contributed by atoms with Gasteiger partial charge in [-0.2, -0.15) is 0 Å². The van der Waals surface area contributed by atoms with Crippen LogP contribution in [-0.2, 0) is 10.0 Å². The summed E-state index contributed by atoms with van der Waals surface area (Å²) >= 11 is 3.29. The molecule has 2 N–H and O–H groups in total. The zero-order valence-electron chi connectivity index (χ0n) is 15.1. The molecule has 0 aliphatic heterocycles. The lowest BCUT2D eigenvalue weighted by molar-refractivity contribution is 0.0910. The third-order valence-corrected chi connectivity index (χ3v) is 6.85. The van der Waals surface area contributed by atoms with E-state index in [9.17, 15) is 13.2 Å². The number of hydrogen-bond donors (Lipinski definition) is 2. The Balaban J connectivity index is 1.73. The number of anilines is 1. The molecule has 0 saturated heterocycles. The van der Waals surface area contributed by atoms with E-state index in [1.165, 1.54) is 18.6 Å². The SMILES string of the molecule is CC1CCCCC1NC(=O)c1cccc(NS(=O)(=O)c2ccc(Br)cc2)c1. The zero-order valence-corrected chi connectivity index (χ0v) is 17.5. The molecule has 0 bridgehead atoms. The van der Waals surface area contributed by atoms with Gasteiger partial charge in [0.05, 0.1) is 4.90 Å². The van der Waals surface area contributed by atoms with Crippen molar-refractivity contribution in [2.45, 2.75) is 43.5 Å². The second-order valence-electron chi connectivity index (χ2n) is 6.98. The first-order chi connectivity index (χ1) is 12.8. The van der Waals surface area contributed by atoms with E-state index in [1.54, 1.807) is 36.4 Å². The van der Waals surface area contributed by atoms with E-state index < -0.39 is 10.0 Å². The summed E-state index contributed by atoms with van der Waals surface area (Å²) in [5, 5.41) is 3.09. The summed E-state index contributed by atoms with van der Waals surface area (Å²) in [6.07, 6.45) is 4.45. The second-order valence-corrected chi connectivity index (χ2v) is 9.58. The molecule has 1 aliphatic carbocycles. The summed E-state index contributed by atoms with van der Waals surface area (Å²) in [5.74, 6) is 0.292. The number of amides is 1. The molecular formula is C20H23BrN2O3S. The highest BCUT2D eigenvalue weighted by atomic mass is 79.9. The van der Waals surface area contributed by atoms with Gasteiger partial charge in [-0.3, -0.25) is 9.52 Å². The van der Waals surface area contributed by atoms with Crippen LogP contribution >= 0.6 is 15.9 Å². The van der Waals surface area contributed by atoms with Crippen LogP contribution in [0.15, 0.2) is 57.9 Å². The van der Waals surface area contributed by atoms with Gasteiger partial charge in [-0.15, -0.1) is 0 Å². The lowest BCUT2D eigenvalue weighted by atomic mass is 9.86. The van der Waals surface area contributed by atoms with Crippen molar-refractivity contribution < 1.29 is 13.2 Å². The van der Waals surface area contributed by atoms with E-state index in [2.05, 4.69) is 32.9 Å². The topological polar surface area (TPSA) is 75.3 Å². The molecule has 1 saturated carbocycles. The summed E-state index contributed by atoms with van der Waals surface area (Å²) in [7, 11) is -3.71. The molecule has 0 spiro atoms. The number of rotatable bonds is 5. The van der Waals surface area contributed by atoms with Crippen LogP contribution in [0.1, 0.15) is 43.0 Å². The van der Waals surface area contributed by atoms with Gasteiger partial charge in [-0.1, -0.05) is 41.8 Å². The summed E-state index contributed by atoms with van der Waals surface area (Å²) in [4.78, 5) is 12.8. The number of sulfonamides is 1. The summed E-state index contributed by atoms with van der Waals surface area (Å²) < 4.78 is 28.4. The molecule has 144 valence electrons. The second kappa shape index (κ2) is 8.44. The Morgan fingerprint density at radius 2 is 1.78 bits per heavy atom. The smallest absolute Gasteiger partial charge is 0.261 e. The first-order valence-corrected chi connectivity index (χ1v) is 11.3. The molecular weight excluding hydrogens is 428 g/mol. The van der Waals surface area contributed by atoms with Crippen molar-refractivity contribution in [3.63, 3.8) is 0 Å². The fourth-order valence-electron chi connectivity index (χ4n) is 3.33. The van der Waals surface area contributed by atoms with Gasteiger partial charge in [0.25, 0.3) is 15.9 Å². The number of halogens is 1. The number of carbonyl (C=O) groups excluding carboxylic acids is 1. The van der Waals surface area contributed by atoms with E-state index in [-0.39, 0.29) is 16.8 Å². The molecule has 5 nitrogen and oxygen atoms in total. The first kappa shape index (κ1) is 19.9. The molecule has 2 aromatic rings. The highest BCUT2D eigenvalue weighted by Crippen LogP contribution is 2.24. The minimum Gasteiger partial charge on any atom is -0.349 e. The Kier molecular flexibility index (Phi) is 6.22. The molecule has 1 fully saturated rings. The zero-order chi connectivity index (χ0) is 19.4. The monoisotopic (exact) mass is 450 g/mol. The van der Waals surface area contributed by atoms with Crippen LogP contribution in [-0.4, -0.2) is 20.4 Å². The molecule has 0 radical (unpaired) electrons. The van der Waals surface area contributed by atoms with E-state index in [0.29, 0.717) is 17.2 Å². The van der Waals surface area contributed by atoms with Crippen LogP contribution in [0.2, 0.25) is 0 Å². The molecule has 3 rings (SSSR count). The molecule has 2 aromatic carbocycles. The Labute approximate surface area is 168 Å². The maximum Gasteiger partial charge on any atom is 0.261 e. The van der Waals surface area contributed by atoms with Crippen LogP contribution < -0.4 is 10.0 Å². The minimum absolute atomic E-state index is 0.164. The van der Waals surface area contributed by atoms with Crippen molar-refractivity contribution in [1.29, 1.82) is 0 Å². The molecule has 1 aliphatic rings. The maximum atomic E-state index is 12.6. The normalized spacial score (nSPS) is 20.1. The molecule has 7 heteroatoms. The quantitative estimate of drug-likeness (QED) is 0.700. The van der Waals surface area contributed by atoms with Gasteiger partial charge in [-0.25, -0.2) is 8.42 Å². The summed E-state index contributed by atoms with van der Waals surface area (Å²) in [5.41, 5.74) is 0.811. The van der Waals surface area contributed by atoms with Gasteiger partial charge in [0.1, 0.15) is 0 Å². The van der Waals surface area contributed by atoms with E-state index >= 15 is 0 Å². The van der Waals surface area contributed by atoms with Crippen molar-refractivity contribution in [2.75, 3.05) is 4.72 Å². The van der Waals surface area contributed by atoms with Gasteiger partial charge < -0.3 is 5.32 Å². The van der Waals surface area contributed by atoms with Gasteiger partial charge in [0.15, 0.2) is 0 Å². The van der Waals surface area contributed by atoms with Crippen molar-refractivity contribution >= 4 is 37.5 Å². The maximum absolute atomic E-state index is 12.6. The van der Waals surface area contributed by atoms with Crippen LogP contribution in [0.25, 0.3) is 0 Å². The minimum atomic E-state index is -3.71. The van der Waals surface area contributed by atoms with Gasteiger partial charge in [-0.05, 0) is 61.2 Å². The van der Waals surface area contributed by atoms with Crippen molar-refractivity contribution in [3.05, 3.63) is 58.6 Å². The molecule has 1 amide bonds. The van der Waals surface area contributed by atoms with Crippen molar-refractivity contribution in [1.82, 2.24) is 5.32 Å². The molecule has 0 aromatic heterocycles. The van der Waals surface area contributed by atoms with E-state index in [1.807, 2.05) is 0 Å². The van der Waals surface area contributed by atoms with Gasteiger partial charge in [0, 0.05) is 21.8 Å². The van der Waals surface area contributed by atoms with E-state index in [4.69, 9.17) is 0 Å². The fraction of sp³-hybridized carbons (Fsp3) is 0.350. The lowest BCUT2D eigenvalue weighted by Crippen LogP contribution is -2.41. The molecule has 2 atom stereocenters. The van der Waals surface area contributed by atoms with Crippen LogP contribution in [0.3, 0.4) is 0 Å². The Bertz CT molecular complexity index is 913. The Morgan fingerprint density at radius 3 is 2.48 bits per heavy atom. The van der Waals surface area contributed by atoms with Crippen LogP contribution in [0.5, 0.6) is 0 Å². The average molecular weight is 451 g/mol. The van der Waals surface area contributed by atoms with E-state index in [0.717, 1.165) is 23.7 Å². The molecule has 27 heavy (non-hydrogen) atoms. The fourth-order valence-corrected chi connectivity index (χ4v) is 4.65. The number of hydrogen-bond acceptors (Lipinski definition) is 3. The predicted molar refractivity (Wildman–Crippen MR) is 110 cm³/mol. The number of carbonyl (C=O) groups is 1. The third-order valence-electron chi connectivity index (χ3n) is 4.93. The number of nitrogens with one attached hydrogen (secondary N) is 2. The Hall–Kier alpha value is -1.86. The molecule has 2 unspecified atom stereocenters. The highest BCUT2D eigenvalue weighted by molar-refractivity contribution is 9.10. The van der Waals surface area contributed by atoms with Gasteiger partial charge >= 0.3 is 0 Å². The van der Waals surface area contributed by atoms with Crippen molar-refractivity contribution in [2.24, 2.45) is 5.92 Å². The standard InChI is InChI=1S/C20H23BrN2O3S/c1-14-5-2-3-8-19(14)22-20(24)15-6-4-7-17(13-15)23-27(25,26)18-11-9-16(21)10-12-18/h4,6-7,9-14,19,23H,2-3,5,8H2,1H3,(H,22,24). The van der Waals surface area contributed by atoms with Crippen molar-refractivity contribution in [3.8, 4) is 0 Å². The summed E-state index contributed by atoms with van der Waals surface area (Å²) in [6, 6.07) is 13.1. The average Bonchev–Trinajstić information content (AvgIpc) is 2.64. The Morgan fingerprint density at radius 1 is 1.07 bits per heavy atom.